The number of benzene rings is 2. The summed E-state index contributed by atoms with van der Waals surface area (Å²) in [7, 11) is 0. The number of carboxylic acid groups (broad SMARTS) is 1. The summed E-state index contributed by atoms with van der Waals surface area (Å²) in [4.78, 5) is 12.0. The van der Waals surface area contributed by atoms with Crippen LogP contribution in [0.15, 0.2) is 42.5 Å². The molecule has 0 aliphatic heterocycles. The molecule has 2 aromatic carbocycles. The van der Waals surface area contributed by atoms with Crippen LogP contribution in [0.4, 0.5) is 0 Å². The molecule has 1 N–H and O–H groups in total. The van der Waals surface area contributed by atoms with Gasteiger partial charge in [0, 0.05) is 5.02 Å². The zero-order valence-corrected chi connectivity index (χ0v) is 16.7. The largest absolute Gasteiger partial charge is 0.481 e. The lowest BCUT2D eigenvalue weighted by Crippen LogP contribution is -2.34. The van der Waals surface area contributed by atoms with Crippen LogP contribution in [0.1, 0.15) is 68.7 Å². The van der Waals surface area contributed by atoms with E-state index in [-0.39, 0.29) is 10.8 Å². The molecule has 26 heavy (non-hydrogen) atoms. The summed E-state index contributed by atoms with van der Waals surface area (Å²) >= 11 is 6.07. The minimum atomic E-state index is -0.794. The summed E-state index contributed by atoms with van der Waals surface area (Å²) in [6.45, 7) is 9.08. The van der Waals surface area contributed by atoms with E-state index in [9.17, 15) is 9.90 Å². The smallest absolute Gasteiger partial charge is 0.311 e. The quantitative estimate of drug-likeness (QED) is 0.705. The first-order chi connectivity index (χ1) is 12.1. The van der Waals surface area contributed by atoms with Gasteiger partial charge in [0.2, 0.25) is 0 Å². The molecule has 0 aromatic heterocycles. The predicted molar refractivity (Wildman–Crippen MR) is 107 cm³/mol. The van der Waals surface area contributed by atoms with Gasteiger partial charge in [-0.05, 0) is 64.5 Å². The van der Waals surface area contributed by atoms with E-state index in [0.29, 0.717) is 11.4 Å². The van der Waals surface area contributed by atoms with Crippen LogP contribution in [0.5, 0.6) is 0 Å². The van der Waals surface area contributed by atoms with Crippen LogP contribution < -0.4 is 0 Å². The monoisotopic (exact) mass is 370 g/mol. The van der Waals surface area contributed by atoms with Crippen molar-refractivity contribution in [1.82, 2.24) is 0 Å². The summed E-state index contributed by atoms with van der Waals surface area (Å²) in [5, 5.41) is 10.5. The Morgan fingerprint density at radius 2 is 1.69 bits per heavy atom. The molecule has 0 spiro atoms. The highest BCUT2D eigenvalue weighted by molar-refractivity contribution is 6.30. The molecular weight excluding hydrogens is 344 g/mol. The lowest BCUT2D eigenvalue weighted by molar-refractivity contribution is -0.138. The van der Waals surface area contributed by atoms with E-state index in [1.54, 1.807) is 0 Å². The minimum Gasteiger partial charge on any atom is -0.481 e. The molecule has 0 saturated heterocycles. The highest BCUT2D eigenvalue weighted by Crippen LogP contribution is 2.46. The first kappa shape index (κ1) is 19.0. The number of fused-ring (bicyclic) bond motifs is 1. The highest BCUT2D eigenvalue weighted by atomic mass is 35.5. The molecular formula is C23H27ClO2. The zero-order valence-electron chi connectivity index (χ0n) is 16.0. The number of aliphatic carboxylic acids is 1. The zero-order chi connectivity index (χ0) is 19.1. The maximum atomic E-state index is 12.0. The van der Waals surface area contributed by atoms with Crippen molar-refractivity contribution in [3.63, 3.8) is 0 Å². The van der Waals surface area contributed by atoms with Crippen molar-refractivity contribution in [3.8, 4) is 0 Å². The fourth-order valence-electron chi connectivity index (χ4n) is 4.07. The van der Waals surface area contributed by atoms with Crippen LogP contribution in [-0.4, -0.2) is 11.1 Å². The van der Waals surface area contributed by atoms with Crippen molar-refractivity contribution in [2.24, 2.45) is 0 Å². The maximum absolute atomic E-state index is 12.0. The van der Waals surface area contributed by atoms with Crippen molar-refractivity contribution in [2.45, 2.75) is 63.7 Å². The Kier molecular flexibility index (Phi) is 4.92. The summed E-state index contributed by atoms with van der Waals surface area (Å²) in [5.74, 6) is -1.36. The Hall–Kier alpha value is -1.80. The number of rotatable bonds is 4. The Morgan fingerprint density at radius 1 is 1.04 bits per heavy atom. The van der Waals surface area contributed by atoms with Gasteiger partial charge in [-0.25, -0.2) is 0 Å². The van der Waals surface area contributed by atoms with E-state index in [0.717, 1.165) is 24.0 Å². The molecule has 2 aromatic rings. The maximum Gasteiger partial charge on any atom is 0.311 e. The van der Waals surface area contributed by atoms with Gasteiger partial charge in [-0.15, -0.1) is 0 Å². The van der Waals surface area contributed by atoms with Gasteiger partial charge in [0.05, 0.1) is 5.92 Å². The molecule has 0 fully saturated rings. The lowest BCUT2D eigenvalue weighted by atomic mass is 9.62. The Balaban J connectivity index is 2.02. The van der Waals surface area contributed by atoms with Gasteiger partial charge in [0.15, 0.2) is 0 Å². The van der Waals surface area contributed by atoms with E-state index in [2.05, 4.69) is 39.8 Å². The van der Waals surface area contributed by atoms with Gasteiger partial charge in [0.1, 0.15) is 0 Å². The topological polar surface area (TPSA) is 37.3 Å². The van der Waals surface area contributed by atoms with Crippen LogP contribution in [-0.2, 0) is 22.0 Å². The third-order valence-corrected chi connectivity index (χ3v) is 6.14. The Bertz CT molecular complexity index is 836. The normalized spacial score (nSPS) is 18.8. The molecule has 0 amide bonds. The van der Waals surface area contributed by atoms with Crippen molar-refractivity contribution in [3.05, 3.63) is 69.7 Å². The van der Waals surface area contributed by atoms with E-state index >= 15 is 0 Å². The third kappa shape index (κ3) is 3.66. The number of carboxylic acids is 1. The van der Waals surface area contributed by atoms with Crippen molar-refractivity contribution >= 4 is 17.6 Å². The number of carbonyl (C=O) groups is 1. The van der Waals surface area contributed by atoms with Gasteiger partial charge in [-0.1, -0.05) is 69.6 Å². The second-order valence-electron chi connectivity index (χ2n) is 8.80. The van der Waals surface area contributed by atoms with Crippen LogP contribution in [0.3, 0.4) is 0 Å². The van der Waals surface area contributed by atoms with E-state index in [1.807, 2.05) is 30.3 Å². The predicted octanol–water partition coefficient (Wildman–Crippen LogP) is 6.10. The highest BCUT2D eigenvalue weighted by Gasteiger charge is 2.37. The molecule has 138 valence electrons. The van der Waals surface area contributed by atoms with E-state index in [4.69, 9.17) is 11.6 Å². The molecule has 1 atom stereocenters. The first-order valence-electron chi connectivity index (χ1n) is 9.22. The summed E-state index contributed by atoms with van der Waals surface area (Å²) < 4.78 is 0. The Morgan fingerprint density at radius 3 is 2.31 bits per heavy atom. The molecule has 0 heterocycles. The van der Waals surface area contributed by atoms with Crippen LogP contribution in [0.25, 0.3) is 0 Å². The summed E-state index contributed by atoms with van der Waals surface area (Å²) in [6.07, 6.45) is 2.71. The minimum absolute atomic E-state index is 0.0694. The van der Waals surface area contributed by atoms with Crippen LogP contribution in [0, 0.1) is 0 Å². The fourth-order valence-corrected chi connectivity index (χ4v) is 4.28. The number of hydrogen-bond donors (Lipinski definition) is 1. The molecule has 2 nitrogen and oxygen atoms in total. The van der Waals surface area contributed by atoms with Gasteiger partial charge in [0.25, 0.3) is 0 Å². The van der Waals surface area contributed by atoms with Gasteiger partial charge in [-0.2, -0.15) is 0 Å². The lowest BCUT2D eigenvalue weighted by Gasteiger charge is -2.42. The summed E-state index contributed by atoms with van der Waals surface area (Å²) in [5.41, 5.74) is 4.67. The van der Waals surface area contributed by atoms with Crippen molar-refractivity contribution in [2.75, 3.05) is 0 Å². The Labute approximate surface area is 161 Å². The molecule has 3 heteroatoms. The second-order valence-corrected chi connectivity index (χ2v) is 9.23. The fraction of sp³-hybridized carbons (Fsp3) is 0.435. The molecule has 1 aliphatic carbocycles. The number of hydrogen-bond acceptors (Lipinski definition) is 1. The average Bonchev–Trinajstić information content (AvgIpc) is 2.56. The molecule has 1 aliphatic rings. The molecule has 0 saturated carbocycles. The van der Waals surface area contributed by atoms with Crippen LogP contribution >= 0.6 is 11.6 Å². The molecule has 3 rings (SSSR count). The molecule has 0 bridgehead atoms. The summed E-state index contributed by atoms with van der Waals surface area (Å²) in [6, 6.07) is 13.8. The second kappa shape index (κ2) is 6.74. The van der Waals surface area contributed by atoms with Crippen molar-refractivity contribution < 1.29 is 9.90 Å². The first-order valence-corrected chi connectivity index (χ1v) is 9.60. The SMILES string of the molecule is CC1(C)CCC(C)(C)c2cc(C(Cc3cccc(Cl)c3)C(=O)O)ccc21. The molecule has 1 unspecified atom stereocenters. The van der Waals surface area contributed by atoms with Crippen molar-refractivity contribution in [1.29, 1.82) is 0 Å². The van der Waals surface area contributed by atoms with Gasteiger partial charge < -0.3 is 5.11 Å². The van der Waals surface area contributed by atoms with Crippen LogP contribution in [0.2, 0.25) is 5.02 Å². The third-order valence-electron chi connectivity index (χ3n) is 5.91. The van der Waals surface area contributed by atoms with Gasteiger partial charge in [-0.3, -0.25) is 4.79 Å². The van der Waals surface area contributed by atoms with Gasteiger partial charge >= 0.3 is 5.97 Å². The van der Waals surface area contributed by atoms with E-state index < -0.39 is 11.9 Å². The number of halogens is 1. The average molecular weight is 371 g/mol. The van der Waals surface area contributed by atoms with E-state index in [1.165, 1.54) is 11.1 Å². The standard InChI is InChI=1S/C23H27ClO2/c1-22(2)10-11-23(3,4)20-14-16(8-9-19(20)22)18(21(25)26)13-15-6-5-7-17(24)12-15/h5-9,12,14,18H,10-11,13H2,1-4H3,(H,25,26). The molecule has 0 radical (unpaired) electrons.